The minimum absolute atomic E-state index is 0.126. The third-order valence-electron chi connectivity index (χ3n) is 4.33. The summed E-state index contributed by atoms with van der Waals surface area (Å²) in [5, 5.41) is 3.51. The van der Waals surface area contributed by atoms with Crippen molar-refractivity contribution in [2.45, 2.75) is 6.42 Å². The fourth-order valence-electron chi connectivity index (χ4n) is 2.84. The van der Waals surface area contributed by atoms with Crippen molar-refractivity contribution < 1.29 is 14.3 Å². The molecular formula is C22H21ClN2O3. The molecule has 2 aromatic carbocycles. The highest BCUT2D eigenvalue weighted by Crippen LogP contribution is 2.28. The van der Waals surface area contributed by atoms with E-state index < -0.39 is 0 Å². The van der Waals surface area contributed by atoms with Crippen LogP contribution in [0.5, 0.6) is 11.5 Å². The molecule has 3 rings (SSSR count). The molecule has 0 aliphatic rings. The molecule has 0 saturated carbocycles. The molecule has 0 bridgehead atoms. The molecule has 0 atom stereocenters. The van der Waals surface area contributed by atoms with Crippen LogP contribution < -0.4 is 14.8 Å². The first-order valence-electron chi connectivity index (χ1n) is 8.82. The van der Waals surface area contributed by atoms with Crippen LogP contribution in [0.2, 0.25) is 5.02 Å². The van der Waals surface area contributed by atoms with E-state index in [0.717, 1.165) is 11.1 Å². The lowest BCUT2D eigenvalue weighted by Gasteiger charge is -2.10. The summed E-state index contributed by atoms with van der Waals surface area (Å²) in [6.45, 7) is 0.516. The Balaban J connectivity index is 1.59. The zero-order valence-corrected chi connectivity index (χ0v) is 16.5. The normalized spacial score (nSPS) is 10.4. The maximum absolute atomic E-state index is 12.4. The number of aromatic nitrogens is 1. The number of pyridine rings is 1. The number of hydrogen-bond donors (Lipinski definition) is 1. The molecule has 0 unspecified atom stereocenters. The first-order valence-corrected chi connectivity index (χ1v) is 9.20. The van der Waals surface area contributed by atoms with Gasteiger partial charge < -0.3 is 14.8 Å². The molecule has 0 aliphatic heterocycles. The zero-order chi connectivity index (χ0) is 19.9. The minimum atomic E-state index is -0.126. The summed E-state index contributed by atoms with van der Waals surface area (Å²) >= 11 is 6.17. The van der Waals surface area contributed by atoms with Gasteiger partial charge in [0.15, 0.2) is 11.5 Å². The molecule has 0 fully saturated rings. The molecule has 3 aromatic rings. The Morgan fingerprint density at radius 1 is 1.04 bits per heavy atom. The van der Waals surface area contributed by atoms with Gasteiger partial charge >= 0.3 is 0 Å². The molecule has 28 heavy (non-hydrogen) atoms. The molecule has 1 aromatic heterocycles. The molecule has 1 N–H and O–H groups in total. The number of amides is 1. The van der Waals surface area contributed by atoms with Crippen LogP contribution >= 0.6 is 11.6 Å². The van der Waals surface area contributed by atoms with Gasteiger partial charge in [0.1, 0.15) is 0 Å². The first-order chi connectivity index (χ1) is 13.6. The summed E-state index contributed by atoms with van der Waals surface area (Å²) in [7, 11) is 3.20. The Labute approximate surface area is 169 Å². The topological polar surface area (TPSA) is 60.5 Å². The fourth-order valence-corrected chi connectivity index (χ4v) is 3.07. The van der Waals surface area contributed by atoms with E-state index in [1.54, 1.807) is 44.7 Å². The predicted molar refractivity (Wildman–Crippen MR) is 110 cm³/mol. The van der Waals surface area contributed by atoms with Gasteiger partial charge in [-0.3, -0.25) is 9.78 Å². The monoisotopic (exact) mass is 396 g/mol. The Morgan fingerprint density at radius 3 is 2.46 bits per heavy atom. The molecule has 5 nitrogen and oxygen atoms in total. The lowest BCUT2D eigenvalue weighted by atomic mass is 10.1. The van der Waals surface area contributed by atoms with Gasteiger partial charge in [-0.15, -0.1) is 0 Å². The van der Waals surface area contributed by atoms with Crippen molar-refractivity contribution in [2.75, 3.05) is 20.8 Å². The van der Waals surface area contributed by atoms with Crippen molar-refractivity contribution in [3.05, 3.63) is 76.9 Å². The van der Waals surface area contributed by atoms with E-state index in [9.17, 15) is 4.79 Å². The van der Waals surface area contributed by atoms with Gasteiger partial charge in [0.2, 0.25) is 0 Å². The largest absolute Gasteiger partial charge is 0.493 e. The Bertz CT molecular complexity index is 958. The van der Waals surface area contributed by atoms with Gasteiger partial charge in [-0.1, -0.05) is 29.8 Å². The second kappa shape index (κ2) is 9.24. The predicted octanol–water partition coefficient (Wildman–Crippen LogP) is 4.39. The van der Waals surface area contributed by atoms with Crippen LogP contribution in [0.3, 0.4) is 0 Å². The summed E-state index contributed by atoms with van der Waals surface area (Å²) in [5.74, 6) is 1.23. The summed E-state index contributed by atoms with van der Waals surface area (Å²) in [6.07, 6.45) is 2.38. The third-order valence-corrected chi connectivity index (χ3v) is 4.63. The zero-order valence-electron chi connectivity index (χ0n) is 15.7. The highest BCUT2D eigenvalue weighted by atomic mass is 35.5. The standard InChI is InChI=1S/C22H21ClN2O3/c1-27-19-10-5-15(14-20(19)28-2)11-13-25-22(26)17-8-6-16(7-9-17)21-18(23)4-3-12-24-21/h3-10,12,14H,11,13H2,1-2H3,(H,25,26). The number of carbonyl (C=O) groups is 1. The van der Waals surface area contributed by atoms with E-state index in [1.807, 2.05) is 30.3 Å². The number of nitrogens with one attached hydrogen (secondary N) is 1. The number of benzene rings is 2. The van der Waals surface area contributed by atoms with Crippen molar-refractivity contribution in [1.82, 2.24) is 10.3 Å². The second-order valence-electron chi connectivity index (χ2n) is 6.11. The molecule has 6 heteroatoms. The lowest BCUT2D eigenvalue weighted by Crippen LogP contribution is -2.25. The van der Waals surface area contributed by atoms with Crippen LogP contribution in [0, 0.1) is 0 Å². The van der Waals surface area contributed by atoms with Crippen LogP contribution in [0.25, 0.3) is 11.3 Å². The molecule has 1 heterocycles. The number of hydrogen-bond acceptors (Lipinski definition) is 4. The number of carbonyl (C=O) groups excluding carboxylic acids is 1. The Morgan fingerprint density at radius 2 is 1.79 bits per heavy atom. The van der Waals surface area contributed by atoms with Crippen LogP contribution in [0.1, 0.15) is 15.9 Å². The SMILES string of the molecule is COc1ccc(CCNC(=O)c2ccc(-c3ncccc3Cl)cc2)cc1OC. The summed E-state index contributed by atoms with van der Waals surface area (Å²) in [5.41, 5.74) is 3.21. The number of methoxy groups -OCH3 is 2. The number of rotatable bonds is 7. The van der Waals surface area contributed by atoms with E-state index >= 15 is 0 Å². The third kappa shape index (κ3) is 4.61. The summed E-state index contributed by atoms with van der Waals surface area (Å²) in [4.78, 5) is 16.7. The average Bonchev–Trinajstić information content (AvgIpc) is 2.74. The van der Waals surface area contributed by atoms with Gasteiger partial charge in [-0.25, -0.2) is 0 Å². The molecule has 0 radical (unpaired) electrons. The maximum Gasteiger partial charge on any atom is 0.251 e. The molecule has 0 spiro atoms. The molecule has 1 amide bonds. The maximum atomic E-state index is 12.4. The smallest absolute Gasteiger partial charge is 0.251 e. The van der Waals surface area contributed by atoms with Gasteiger partial charge in [0, 0.05) is 23.9 Å². The van der Waals surface area contributed by atoms with E-state index in [-0.39, 0.29) is 5.91 Å². The average molecular weight is 397 g/mol. The summed E-state index contributed by atoms with van der Waals surface area (Å²) < 4.78 is 10.5. The number of halogens is 1. The number of nitrogens with zero attached hydrogens (tertiary/aromatic N) is 1. The van der Waals surface area contributed by atoms with Crippen molar-refractivity contribution in [3.8, 4) is 22.8 Å². The highest BCUT2D eigenvalue weighted by molar-refractivity contribution is 6.33. The molecule has 0 aliphatic carbocycles. The van der Waals surface area contributed by atoms with Crippen molar-refractivity contribution in [3.63, 3.8) is 0 Å². The van der Waals surface area contributed by atoms with Crippen LogP contribution in [0.4, 0.5) is 0 Å². The van der Waals surface area contributed by atoms with Crippen LogP contribution in [0.15, 0.2) is 60.8 Å². The Kier molecular flexibility index (Phi) is 6.50. The van der Waals surface area contributed by atoms with Crippen LogP contribution in [-0.4, -0.2) is 31.7 Å². The summed E-state index contributed by atoms with van der Waals surface area (Å²) in [6, 6.07) is 16.5. The molecule has 144 valence electrons. The van der Waals surface area contributed by atoms with Crippen LogP contribution in [-0.2, 0) is 6.42 Å². The van der Waals surface area contributed by atoms with Gasteiger partial charge in [-0.05, 0) is 48.4 Å². The van der Waals surface area contributed by atoms with Crippen molar-refractivity contribution in [2.24, 2.45) is 0 Å². The van der Waals surface area contributed by atoms with Gasteiger partial charge in [0.25, 0.3) is 5.91 Å². The van der Waals surface area contributed by atoms with E-state index in [4.69, 9.17) is 21.1 Å². The van der Waals surface area contributed by atoms with E-state index in [0.29, 0.717) is 40.7 Å². The van der Waals surface area contributed by atoms with E-state index in [1.165, 1.54) is 0 Å². The quantitative estimate of drug-likeness (QED) is 0.643. The minimum Gasteiger partial charge on any atom is -0.493 e. The Hall–Kier alpha value is -3.05. The second-order valence-corrected chi connectivity index (χ2v) is 6.51. The van der Waals surface area contributed by atoms with Gasteiger partial charge in [0.05, 0.1) is 24.9 Å². The fraction of sp³-hybridized carbons (Fsp3) is 0.182. The molecule has 0 saturated heterocycles. The van der Waals surface area contributed by atoms with Gasteiger partial charge in [-0.2, -0.15) is 0 Å². The first kappa shape index (κ1) is 19.7. The highest BCUT2D eigenvalue weighted by Gasteiger charge is 2.09. The lowest BCUT2D eigenvalue weighted by molar-refractivity contribution is 0.0954. The molecular weight excluding hydrogens is 376 g/mol. The van der Waals surface area contributed by atoms with Crippen molar-refractivity contribution in [1.29, 1.82) is 0 Å². The van der Waals surface area contributed by atoms with E-state index in [2.05, 4.69) is 10.3 Å². The number of ether oxygens (including phenoxy) is 2. The van der Waals surface area contributed by atoms with Crippen molar-refractivity contribution >= 4 is 17.5 Å².